The van der Waals surface area contributed by atoms with E-state index < -0.39 is 10.0 Å². The molecule has 0 radical (unpaired) electrons. The molecule has 0 bridgehead atoms. The third kappa shape index (κ3) is 2.41. The lowest BCUT2D eigenvalue weighted by atomic mass is 9.71. The van der Waals surface area contributed by atoms with Crippen molar-refractivity contribution in [3.63, 3.8) is 0 Å². The highest BCUT2D eigenvalue weighted by Gasteiger charge is 2.57. The van der Waals surface area contributed by atoms with Crippen LogP contribution in [-0.2, 0) is 10.0 Å². The summed E-state index contributed by atoms with van der Waals surface area (Å²) in [6, 6.07) is 6.75. The molecule has 3 rings (SSSR count). The van der Waals surface area contributed by atoms with Gasteiger partial charge < -0.3 is 5.11 Å². The molecule has 4 nitrogen and oxygen atoms in total. The highest BCUT2D eigenvalue weighted by atomic mass is 32.2. The molecule has 2 aliphatic rings. The Bertz CT molecular complexity index is 603. The van der Waals surface area contributed by atoms with E-state index in [1.807, 2.05) is 19.1 Å². The van der Waals surface area contributed by atoms with Gasteiger partial charge in [0.25, 0.3) is 0 Å². The molecule has 1 saturated heterocycles. The first kappa shape index (κ1) is 15.0. The Kier molecular flexibility index (Phi) is 3.84. The molecular formula is C16H23NO3S. The predicted molar refractivity (Wildman–Crippen MR) is 81.5 cm³/mol. The SMILES string of the molecule is Cc1ccc(S(=O)(=O)N2C(CO)CC23CCCCC3)cc1. The van der Waals surface area contributed by atoms with Crippen LogP contribution in [0.1, 0.15) is 44.1 Å². The van der Waals surface area contributed by atoms with Gasteiger partial charge >= 0.3 is 0 Å². The quantitative estimate of drug-likeness (QED) is 0.933. The Morgan fingerprint density at radius 2 is 1.81 bits per heavy atom. The van der Waals surface area contributed by atoms with Crippen LogP contribution >= 0.6 is 0 Å². The zero-order chi connectivity index (χ0) is 15.1. The summed E-state index contributed by atoms with van der Waals surface area (Å²) in [6.07, 6.45) is 6.00. The molecule has 1 N–H and O–H groups in total. The minimum absolute atomic E-state index is 0.0904. The summed E-state index contributed by atoms with van der Waals surface area (Å²) in [6.45, 7) is 1.85. The fraction of sp³-hybridized carbons (Fsp3) is 0.625. The zero-order valence-corrected chi connectivity index (χ0v) is 13.3. The lowest BCUT2D eigenvalue weighted by Gasteiger charge is -2.58. The van der Waals surface area contributed by atoms with E-state index in [2.05, 4.69) is 0 Å². The predicted octanol–water partition coefficient (Wildman–Crippen LogP) is 2.45. The van der Waals surface area contributed by atoms with Crippen LogP contribution in [-0.4, -0.2) is 36.0 Å². The second-order valence-corrected chi connectivity index (χ2v) is 8.25. The van der Waals surface area contributed by atoms with Crippen molar-refractivity contribution < 1.29 is 13.5 Å². The van der Waals surface area contributed by atoms with Gasteiger partial charge in [0.15, 0.2) is 0 Å². The van der Waals surface area contributed by atoms with Crippen molar-refractivity contribution in [3.05, 3.63) is 29.8 Å². The Balaban J connectivity index is 1.96. The lowest BCUT2D eigenvalue weighted by molar-refractivity contribution is -0.0461. The first-order valence-corrected chi connectivity index (χ1v) is 9.16. The van der Waals surface area contributed by atoms with E-state index >= 15 is 0 Å². The lowest BCUT2D eigenvalue weighted by Crippen LogP contribution is -2.69. The maximum Gasteiger partial charge on any atom is 0.243 e. The van der Waals surface area contributed by atoms with E-state index in [1.165, 1.54) is 6.42 Å². The van der Waals surface area contributed by atoms with Crippen molar-refractivity contribution >= 4 is 10.0 Å². The van der Waals surface area contributed by atoms with Gasteiger partial charge in [-0.2, -0.15) is 4.31 Å². The Morgan fingerprint density at radius 1 is 1.19 bits per heavy atom. The first-order valence-electron chi connectivity index (χ1n) is 7.72. The molecule has 1 aromatic rings. The van der Waals surface area contributed by atoms with Crippen molar-refractivity contribution in [2.45, 2.75) is 61.9 Å². The van der Waals surface area contributed by atoms with E-state index in [1.54, 1.807) is 16.4 Å². The molecule has 116 valence electrons. The summed E-state index contributed by atoms with van der Waals surface area (Å²) in [5, 5.41) is 9.52. The average molecular weight is 309 g/mol. The van der Waals surface area contributed by atoms with E-state index in [0.717, 1.165) is 37.7 Å². The Morgan fingerprint density at radius 3 is 2.38 bits per heavy atom. The number of hydrogen-bond donors (Lipinski definition) is 1. The van der Waals surface area contributed by atoms with Crippen molar-refractivity contribution in [1.82, 2.24) is 4.31 Å². The number of aliphatic hydroxyl groups is 1. The zero-order valence-electron chi connectivity index (χ0n) is 12.5. The molecular weight excluding hydrogens is 286 g/mol. The monoisotopic (exact) mass is 309 g/mol. The van der Waals surface area contributed by atoms with Crippen LogP contribution in [0.15, 0.2) is 29.2 Å². The van der Waals surface area contributed by atoms with Gasteiger partial charge in [0, 0.05) is 5.54 Å². The van der Waals surface area contributed by atoms with Crippen LogP contribution in [0.2, 0.25) is 0 Å². The number of aliphatic hydroxyl groups excluding tert-OH is 1. The van der Waals surface area contributed by atoms with Crippen molar-refractivity contribution in [1.29, 1.82) is 0 Å². The fourth-order valence-corrected chi connectivity index (χ4v) is 5.94. The fourth-order valence-electron chi connectivity index (χ4n) is 3.93. The molecule has 1 saturated carbocycles. The number of hydrogen-bond acceptors (Lipinski definition) is 3. The third-order valence-corrected chi connectivity index (χ3v) is 7.06. The van der Waals surface area contributed by atoms with Gasteiger partial charge in [-0.05, 0) is 38.3 Å². The van der Waals surface area contributed by atoms with Crippen LogP contribution in [0.25, 0.3) is 0 Å². The van der Waals surface area contributed by atoms with E-state index in [9.17, 15) is 13.5 Å². The van der Waals surface area contributed by atoms with Crippen LogP contribution in [0, 0.1) is 6.92 Å². The van der Waals surface area contributed by atoms with Crippen LogP contribution in [0.3, 0.4) is 0 Å². The van der Waals surface area contributed by atoms with Gasteiger partial charge in [-0.1, -0.05) is 37.0 Å². The average Bonchev–Trinajstić information content (AvgIpc) is 2.46. The molecule has 1 spiro atoms. The van der Waals surface area contributed by atoms with E-state index in [4.69, 9.17) is 0 Å². The molecule has 1 aliphatic carbocycles. The maximum absolute atomic E-state index is 13.0. The van der Waals surface area contributed by atoms with Crippen molar-refractivity contribution in [3.8, 4) is 0 Å². The smallest absolute Gasteiger partial charge is 0.243 e. The molecule has 1 heterocycles. The minimum atomic E-state index is -3.51. The Hall–Kier alpha value is -0.910. The third-order valence-electron chi connectivity index (χ3n) is 4.99. The summed E-state index contributed by atoms with van der Waals surface area (Å²) >= 11 is 0. The second kappa shape index (κ2) is 5.38. The Labute approximate surface area is 126 Å². The number of sulfonamides is 1. The van der Waals surface area contributed by atoms with Crippen molar-refractivity contribution in [2.75, 3.05) is 6.61 Å². The summed E-state index contributed by atoms with van der Waals surface area (Å²) in [5.41, 5.74) is 0.804. The van der Waals surface area contributed by atoms with E-state index in [0.29, 0.717) is 4.90 Å². The normalized spacial score (nSPS) is 25.7. The highest BCUT2D eigenvalue weighted by Crippen LogP contribution is 2.49. The summed E-state index contributed by atoms with van der Waals surface area (Å²) in [7, 11) is -3.51. The standard InChI is InChI=1S/C16H23NO3S/c1-13-5-7-15(8-6-13)21(19,20)17-14(12-18)11-16(17)9-3-2-4-10-16/h5-8,14,18H,2-4,9-12H2,1H3. The van der Waals surface area contributed by atoms with Crippen LogP contribution < -0.4 is 0 Å². The largest absolute Gasteiger partial charge is 0.395 e. The van der Waals surface area contributed by atoms with Crippen LogP contribution in [0.4, 0.5) is 0 Å². The molecule has 1 atom stereocenters. The first-order chi connectivity index (χ1) is 9.99. The number of rotatable bonds is 3. The minimum Gasteiger partial charge on any atom is -0.395 e. The molecule has 5 heteroatoms. The summed E-state index contributed by atoms with van der Waals surface area (Å²) in [4.78, 5) is 0.344. The molecule has 1 aromatic carbocycles. The van der Waals surface area contributed by atoms with Crippen LogP contribution in [0.5, 0.6) is 0 Å². The maximum atomic E-state index is 13.0. The van der Waals surface area contributed by atoms with Gasteiger partial charge in [-0.25, -0.2) is 8.42 Å². The second-order valence-electron chi connectivity index (χ2n) is 6.44. The number of aryl methyl sites for hydroxylation is 1. The summed E-state index contributed by atoms with van der Waals surface area (Å²) in [5.74, 6) is 0. The molecule has 1 aliphatic heterocycles. The molecule has 21 heavy (non-hydrogen) atoms. The van der Waals surface area contributed by atoms with Gasteiger partial charge in [0.1, 0.15) is 0 Å². The summed E-state index contributed by atoms with van der Waals surface area (Å²) < 4.78 is 27.6. The number of nitrogens with zero attached hydrogens (tertiary/aromatic N) is 1. The molecule has 0 aromatic heterocycles. The van der Waals surface area contributed by atoms with Gasteiger partial charge in [0.2, 0.25) is 10.0 Å². The van der Waals surface area contributed by atoms with E-state index in [-0.39, 0.29) is 18.2 Å². The van der Waals surface area contributed by atoms with Gasteiger partial charge in [0.05, 0.1) is 17.5 Å². The van der Waals surface area contributed by atoms with Gasteiger partial charge in [-0.3, -0.25) is 0 Å². The molecule has 1 unspecified atom stereocenters. The molecule has 2 fully saturated rings. The molecule has 0 amide bonds. The number of benzene rings is 1. The van der Waals surface area contributed by atoms with Gasteiger partial charge in [-0.15, -0.1) is 0 Å². The van der Waals surface area contributed by atoms with Crippen molar-refractivity contribution in [2.24, 2.45) is 0 Å². The topological polar surface area (TPSA) is 57.6 Å². The highest BCUT2D eigenvalue weighted by molar-refractivity contribution is 7.89.